The minimum Gasteiger partial charge on any atom is -0.480 e. The van der Waals surface area contributed by atoms with Crippen LogP contribution in [-0.2, 0) is 14.8 Å². The Hall–Kier alpha value is -1.61. The van der Waals surface area contributed by atoms with E-state index in [-0.39, 0.29) is 0 Å². The summed E-state index contributed by atoms with van der Waals surface area (Å²) in [7, 11) is -4.38. The van der Waals surface area contributed by atoms with Crippen LogP contribution in [-0.4, -0.2) is 32.0 Å². The maximum absolute atomic E-state index is 12.9. The van der Waals surface area contributed by atoms with Gasteiger partial charge in [-0.15, -0.1) is 0 Å². The first kappa shape index (κ1) is 15.4. The maximum Gasteiger partial charge on any atom is 0.321 e. The Labute approximate surface area is 107 Å². The van der Waals surface area contributed by atoms with Gasteiger partial charge in [0.15, 0.2) is 0 Å². The lowest BCUT2D eigenvalue weighted by Gasteiger charge is -2.14. The second-order valence-electron chi connectivity index (χ2n) is 3.60. The molecular weight excluding hydrogens is 287 g/mol. The molecule has 0 amide bonds. The molecule has 0 aromatic heterocycles. The van der Waals surface area contributed by atoms with Crippen LogP contribution >= 0.6 is 0 Å². The molecule has 0 spiro atoms. The minimum absolute atomic E-state index is 0.534. The van der Waals surface area contributed by atoms with Gasteiger partial charge < -0.3 is 5.11 Å². The van der Waals surface area contributed by atoms with Gasteiger partial charge in [0.05, 0.1) is 4.90 Å². The van der Waals surface area contributed by atoms with Gasteiger partial charge in [0.25, 0.3) is 0 Å². The van der Waals surface area contributed by atoms with Gasteiger partial charge in [0.1, 0.15) is 11.9 Å². The number of rotatable bonds is 6. The molecule has 1 rings (SSSR count). The van der Waals surface area contributed by atoms with Crippen LogP contribution < -0.4 is 4.72 Å². The second-order valence-corrected chi connectivity index (χ2v) is 5.31. The number of benzene rings is 1. The molecule has 0 bridgehead atoms. The predicted octanol–water partition coefficient (Wildman–Crippen LogP) is 1.21. The normalized spacial score (nSPS) is 13.5. The number of halogens is 3. The van der Waals surface area contributed by atoms with Crippen LogP contribution in [0.3, 0.4) is 0 Å². The van der Waals surface area contributed by atoms with Gasteiger partial charge in [-0.25, -0.2) is 21.6 Å². The zero-order valence-corrected chi connectivity index (χ0v) is 10.2. The van der Waals surface area contributed by atoms with E-state index < -0.39 is 45.6 Å². The highest BCUT2D eigenvalue weighted by Gasteiger charge is 2.28. The summed E-state index contributed by atoms with van der Waals surface area (Å²) in [5.74, 6) is -2.58. The third-order valence-electron chi connectivity index (χ3n) is 2.12. The zero-order valence-electron chi connectivity index (χ0n) is 9.39. The summed E-state index contributed by atoms with van der Waals surface area (Å²) in [5, 5.41) is 8.65. The number of sulfonamides is 1. The Balaban J connectivity index is 2.97. The summed E-state index contributed by atoms with van der Waals surface area (Å²) < 4.78 is 62.1. The van der Waals surface area contributed by atoms with E-state index >= 15 is 0 Å². The summed E-state index contributed by atoms with van der Waals surface area (Å²) in [5.41, 5.74) is 0. The number of carboxylic acids is 1. The lowest BCUT2D eigenvalue weighted by molar-refractivity contribution is -0.140. The van der Waals surface area contributed by atoms with E-state index in [0.717, 1.165) is 18.2 Å². The summed E-state index contributed by atoms with van der Waals surface area (Å²) in [6, 6.07) is 1.80. The van der Waals surface area contributed by atoms with Gasteiger partial charge in [0.2, 0.25) is 16.4 Å². The molecule has 0 fully saturated rings. The number of hydrogen-bond acceptors (Lipinski definition) is 3. The highest BCUT2D eigenvalue weighted by molar-refractivity contribution is 7.89. The molecule has 0 saturated carbocycles. The summed E-state index contributed by atoms with van der Waals surface area (Å²) in [6.45, 7) is 0. The van der Waals surface area contributed by atoms with Gasteiger partial charge in [-0.05, 0) is 18.2 Å². The molecule has 0 aliphatic carbocycles. The largest absolute Gasteiger partial charge is 0.480 e. The van der Waals surface area contributed by atoms with E-state index in [1.165, 1.54) is 0 Å². The van der Waals surface area contributed by atoms with Crippen LogP contribution in [0.15, 0.2) is 29.2 Å². The summed E-state index contributed by atoms with van der Waals surface area (Å²) in [6.07, 6.45) is -4.17. The standard InChI is InChI=1S/C10H10F3NO4S/c11-6-2-1-3-7(4-6)19(17,18)14-8(10(15)16)5-9(12)13/h1-4,8-9,14H,5H2,(H,15,16). The molecule has 0 aliphatic rings. The monoisotopic (exact) mass is 297 g/mol. The quantitative estimate of drug-likeness (QED) is 0.826. The first-order valence-electron chi connectivity index (χ1n) is 5.01. The Morgan fingerprint density at radius 3 is 2.47 bits per heavy atom. The first-order valence-corrected chi connectivity index (χ1v) is 6.49. The third kappa shape index (κ3) is 4.52. The van der Waals surface area contributed by atoms with Crippen molar-refractivity contribution in [3.8, 4) is 0 Å². The van der Waals surface area contributed by atoms with Crippen molar-refractivity contribution in [3.63, 3.8) is 0 Å². The molecule has 1 atom stereocenters. The highest BCUT2D eigenvalue weighted by atomic mass is 32.2. The Kier molecular flexibility index (Phi) is 4.90. The van der Waals surface area contributed by atoms with Crippen LogP contribution in [0.4, 0.5) is 13.2 Å². The fraction of sp³-hybridized carbons (Fsp3) is 0.300. The van der Waals surface area contributed by atoms with E-state index in [9.17, 15) is 26.4 Å². The minimum atomic E-state index is -4.38. The second kappa shape index (κ2) is 6.02. The van der Waals surface area contributed by atoms with Gasteiger partial charge in [-0.1, -0.05) is 6.07 Å². The van der Waals surface area contributed by atoms with E-state index in [1.807, 2.05) is 0 Å². The van der Waals surface area contributed by atoms with Crippen molar-refractivity contribution in [1.29, 1.82) is 0 Å². The predicted molar refractivity (Wildman–Crippen MR) is 58.8 cm³/mol. The molecule has 0 saturated heterocycles. The molecule has 0 aliphatic heterocycles. The van der Waals surface area contributed by atoms with Crippen LogP contribution in [0.1, 0.15) is 6.42 Å². The van der Waals surface area contributed by atoms with E-state index in [1.54, 1.807) is 4.72 Å². The van der Waals surface area contributed by atoms with Crippen molar-refractivity contribution in [1.82, 2.24) is 4.72 Å². The van der Waals surface area contributed by atoms with Crippen LogP contribution in [0.25, 0.3) is 0 Å². The average molecular weight is 297 g/mol. The van der Waals surface area contributed by atoms with Gasteiger partial charge in [-0.2, -0.15) is 4.72 Å². The fourth-order valence-electron chi connectivity index (χ4n) is 1.27. The Bertz CT molecular complexity index is 562. The molecule has 106 valence electrons. The van der Waals surface area contributed by atoms with Crippen molar-refractivity contribution in [2.45, 2.75) is 23.8 Å². The van der Waals surface area contributed by atoms with E-state index in [2.05, 4.69) is 0 Å². The van der Waals surface area contributed by atoms with Crippen molar-refractivity contribution in [2.24, 2.45) is 0 Å². The molecule has 1 aromatic carbocycles. The van der Waals surface area contributed by atoms with Crippen LogP contribution in [0, 0.1) is 5.82 Å². The molecular formula is C10H10F3NO4S. The fourth-order valence-corrected chi connectivity index (χ4v) is 2.50. The van der Waals surface area contributed by atoms with Crippen molar-refractivity contribution in [2.75, 3.05) is 0 Å². The van der Waals surface area contributed by atoms with E-state index in [4.69, 9.17) is 5.11 Å². The summed E-state index contributed by atoms with van der Waals surface area (Å²) >= 11 is 0. The van der Waals surface area contributed by atoms with Crippen molar-refractivity contribution >= 4 is 16.0 Å². The molecule has 1 unspecified atom stereocenters. The lowest BCUT2D eigenvalue weighted by atomic mass is 10.2. The molecule has 19 heavy (non-hydrogen) atoms. The summed E-state index contributed by atoms with van der Waals surface area (Å²) in [4.78, 5) is 10.1. The molecule has 5 nitrogen and oxygen atoms in total. The molecule has 0 radical (unpaired) electrons. The number of carboxylic acid groups (broad SMARTS) is 1. The number of aliphatic carboxylic acids is 1. The van der Waals surface area contributed by atoms with Gasteiger partial charge >= 0.3 is 5.97 Å². The Morgan fingerprint density at radius 1 is 1.37 bits per heavy atom. The highest BCUT2D eigenvalue weighted by Crippen LogP contribution is 2.13. The van der Waals surface area contributed by atoms with Gasteiger partial charge in [-0.3, -0.25) is 4.79 Å². The molecule has 9 heteroatoms. The maximum atomic E-state index is 12.9. The van der Waals surface area contributed by atoms with Crippen molar-refractivity contribution < 1.29 is 31.5 Å². The number of carbonyl (C=O) groups is 1. The third-order valence-corrected chi connectivity index (χ3v) is 3.59. The number of nitrogens with one attached hydrogen (secondary N) is 1. The lowest BCUT2D eigenvalue weighted by Crippen LogP contribution is -2.41. The SMILES string of the molecule is O=C(O)C(CC(F)F)NS(=O)(=O)c1cccc(F)c1. The van der Waals surface area contributed by atoms with E-state index in [0.29, 0.717) is 6.07 Å². The average Bonchev–Trinajstić information content (AvgIpc) is 2.27. The molecule has 2 N–H and O–H groups in total. The first-order chi connectivity index (χ1) is 8.72. The number of alkyl halides is 2. The van der Waals surface area contributed by atoms with Crippen molar-refractivity contribution in [3.05, 3.63) is 30.1 Å². The topological polar surface area (TPSA) is 83.5 Å². The van der Waals surface area contributed by atoms with Crippen LogP contribution in [0.5, 0.6) is 0 Å². The van der Waals surface area contributed by atoms with Crippen LogP contribution in [0.2, 0.25) is 0 Å². The molecule has 0 heterocycles. The van der Waals surface area contributed by atoms with Gasteiger partial charge in [0, 0.05) is 6.42 Å². The smallest absolute Gasteiger partial charge is 0.321 e. The zero-order chi connectivity index (χ0) is 14.6. The molecule has 1 aromatic rings. The number of hydrogen-bond donors (Lipinski definition) is 2. The Morgan fingerprint density at radius 2 is 2.00 bits per heavy atom.